The zero-order valence-electron chi connectivity index (χ0n) is 13.7. The fraction of sp³-hybridized carbons (Fsp3) is 0.412. The fourth-order valence-electron chi connectivity index (χ4n) is 2.62. The van der Waals surface area contributed by atoms with Crippen molar-refractivity contribution in [3.63, 3.8) is 0 Å². The second-order valence-corrected chi connectivity index (χ2v) is 5.84. The predicted molar refractivity (Wildman–Crippen MR) is 83.1 cm³/mol. The molecule has 1 atom stereocenters. The molecule has 3 rings (SSSR count). The Balaban J connectivity index is 1.59. The third kappa shape index (κ3) is 4.14. The van der Waals surface area contributed by atoms with E-state index in [2.05, 4.69) is 5.16 Å². The van der Waals surface area contributed by atoms with Crippen LogP contribution in [0.5, 0.6) is 5.75 Å². The number of para-hydroxylation sites is 1. The first-order valence-corrected chi connectivity index (χ1v) is 7.94. The number of hydrogen-bond acceptors (Lipinski definition) is 5. The van der Waals surface area contributed by atoms with Crippen LogP contribution < -0.4 is 4.74 Å². The molecule has 0 aliphatic carbocycles. The Labute approximate surface area is 143 Å². The summed E-state index contributed by atoms with van der Waals surface area (Å²) in [4.78, 5) is 13.8. The van der Waals surface area contributed by atoms with Gasteiger partial charge in [0.15, 0.2) is 28.8 Å². The number of carbonyl (C=O) groups excluding carboxylic acids is 1. The number of benzene rings is 1. The van der Waals surface area contributed by atoms with E-state index in [1.807, 2.05) is 0 Å². The number of ether oxygens (including phenoxy) is 2. The van der Waals surface area contributed by atoms with Crippen molar-refractivity contribution in [2.45, 2.75) is 25.6 Å². The Morgan fingerprint density at radius 3 is 2.84 bits per heavy atom. The molecule has 2 heterocycles. The molecule has 25 heavy (non-hydrogen) atoms. The van der Waals surface area contributed by atoms with E-state index >= 15 is 0 Å². The van der Waals surface area contributed by atoms with E-state index in [9.17, 15) is 13.6 Å². The summed E-state index contributed by atoms with van der Waals surface area (Å²) in [6.45, 7) is 0.941. The molecular weight excluding hydrogens is 334 g/mol. The molecule has 8 heteroatoms. The van der Waals surface area contributed by atoms with Gasteiger partial charge in [-0.15, -0.1) is 0 Å². The first kappa shape index (κ1) is 17.3. The van der Waals surface area contributed by atoms with Gasteiger partial charge in [0.05, 0.1) is 6.10 Å². The van der Waals surface area contributed by atoms with Crippen molar-refractivity contribution in [2.24, 2.45) is 0 Å². The van der Waals surface area contributed by atoms with Gasteiger partial charge in [-0.05, 0) is 25.0 Å². The summed E-state index contributed by atoms with van der Waals surface area (Å²) >= 11 is 0. The number of carbonyl (C=O) groups is 1. The van der Waals surface area contributed by atoms with Crippen LogP contribution in [0, 0.1) is 11.6 Å². The van der Waals surface area contributed by atoms with E-state index in [0.29, 0.717) is 13.2 Å². The average molecular weight is 352 g/mol. The molecule has 0 spiro atoms. The summed E-state index contributed by atoms with van der Waals surface area (Å²) < 4.78 is 42.6. The number of nitrogens with zero attached hydrogens (tertiary/aromatic N) is 2. The van der Waals surface area contributed by atoms with Crippen LogP contribution in [0.3, 0.4) is 0 Å². The molecule has 1 aliphatic rings. The van der Waals surface area contributed by atoms with Crippen molar-refractivity contribution in [1.29, 1.82) is 0 Å². The van der Waals surface area contributed by atoms with Crippen molar-refractivity contribution < 1.29 is 27.6 Å². The monoisotopic (exact) mass is 352 g/mol. The van der Waals surface area contributed by atoms with E-state index < -0.39 is 17.4 Å². The molecule has 1 aromatic heterocycles. The molecule has 0 radical (unpaired) electrons. The van der Waals surface area contributed by atoms with E-state index in [-0.39, 0.29) is 30.1 Å². The van der Waals surface area contributed by atoms with Crippen LogP contribution in [-0.2, 0) is 11.3 Å². The summed E-state index contributed by atoms with van der Waals surface area (Å²) in [6.07, 6.45) is 1.95. The lowest BCUT2D eigenvalue weighted by atomic mass is 10.2. The number of likely N-dealkylation sites (N-methyl/N-ethyl adjacent to an activating group) is 1. The predicted octanol–water partition coefficient (Wildman–Crippen LogP) is 2.78. The maximum Gasteiger partial charge on any atom is 0.275 e. The standard InChI is InChI=1S/C17H18F2N2O4/c1-21(9-11-4-3-7-23-11)17(22)15-8-12(25-20-15)10-24-16-13(18)5-2-6-14(16)19/h2,5-6,8,11H,3-4,7,9-10H2,1H3/t11-/m0/s1. The van der Waals surface area contributed by atoms with Crippen molar-refractivity contribution in [3.8, 4) is 5.75 Å². The van der Waals surface area contributed by atoms with E-state index in [4.69, 9.17) is 14.0 Å². The summed E-state index contributed by atoms with van der Waals surface area (Å²) in [7, 11) is 1.66. The second kappa shape index (κ2) is 7.60. The molecule has 0 saturated carbocycles. The summed E-state index contributed by atoms with van der Waals surface area (Å²) in [6, 6.07) is 4.82. The van der Waals surface area contributed by atoms with Gasteiger partial charge < -0.3 is 18.9 Å². The Hall–Kier alpha value is -2.48. The number of aromatic nitrogens is 1. The van der Waals surface area contributed by atoms with Crippen LogP contribution in [0.15, 0.2) is 28.8 Å². The highest BCUT2D eigenvalue weighted by Crippen LogP contribution is 2.22. The highest BCUT2D eigenvalue weighted by atomic mass is 19.1. The molecule has 1 aliphatic heterocycles. The van der Waals surface area contributed by atoms with Gasteiger partial charge in [0.1, 0.15) is 6.61 Å². The van der Waals surface area contributed by atoms with Crippen LogP contribution in [0.2, 0.25) is 0 Å². The number of rotatable bonds is 6. The third-order valence-electron chi connectivity index (χ3n) is 3.90. The van der Waals surface area contributed by atoms with E-state index in [1.54, 1.807) is 7.05 Å². The Bertz CT molecular complexity index is 724. The minimum Gasteiger partial charge on any atom is -0.479 e. The van der Waals surface area contributed by atoms with Crippen molar-refractivity contribution in [3.05, 3.63) is 47.4 Å². The van der Waals surface area contributed by atoms with E-state index in [1.165, 1.54) is 17.0 Å². The van der Waals surface area contributed by atoms with Crippen molar-refractivity contribution in [2.75, 3.05) is 20.2 Å². The van der Waals surface area contributed by atoms with Gasteiger partial charge in [-0.2, -0.15) is 0 Å². The van der Waals surface area contributed by atoms with Crippen LogP contribution in [0.4, 0.5) is 8.78 Å². The molecule has 0 unspecified atom stereocenters. The van der Waals surface area contributed by atoms with Crippen LogP contribution in [0.1, 0.15) is 29.1 Å². The molecule has 0 bridgehead atoms. The minimum absolute atomic E-state index is 0.0349. The molecular formula is C17H18F2N2O4. The summed E-state index contributed by atoms with van der Waals surface area (Å²) in [5.74, 6) is -2.25. The lowest BCUT2D eigenvalue weighted by Gasteiger charge is -2.19. The quantitative estimate of drug-likeness (QED) is 0.800. The molecule has 1 amide bonds. The summed E-state index contributed by atoms with van der Waals surface area (Å²) in [5.41, 5.74) is 0.105. The van der Waals surface area contributed by atoms with Crippen molar-refractivity contribution in [1.82, 2.24) is 10.1 Å². The summed E-state index contributed by atoms with van der Waals surface area (Å²) in [5, 5.41) is 3.69. The highest BCUT2D eigenvalue weighted by molar-refractivity contribution is 5.92. The van der Waals surface area contributed by atoms with Gasteiger partial charge in [-0.25, -0.2) is 8.78 Å². The van der Waals surface area contributed by atoms with Crippen LogP contribution in [-0.4, -0.2) is 42.3 Å². The average Bonchev–Trinajstić information content (AvgIpc) is 3.25. The SMILES string of the molecule is CN(C[C@@H]1CCCO1)C(=O)c1cc(COc2c(F)cccc2F)on1. The lowest BCUT2D eigenvalue weighted by molar-refractivity contribution is 0.0579. The third-order valence-corrected chi connectivity index (χ3v) is 3.90. The van der Waals surface area contributed by atoms with Crippen LogP contribution in [0.25, 0.3) is 0 Å². The Morgan fingerprint density at radius 1 is 1.40 bits per heavy atom. The first-order valence-electron chi connectivity index (χ1n) is 7.94. The second-order valence-electron chi connectivity index (χ2n) is 5.84. The van der Waals surface area contributed by atoms with Gasteiger partial charge in [0.25, 0.3) is 5.91 Å². The molecule has 1 fully saturated rings. The molecule has 2 aromatic rings. The van der Waals surface area contributed by atoms with E-state index in [0.717, 1.165) is 25.0 Å². The Morgan fingerprint density at radius 2 is 2.16 bits per heavy atom. The van der Waals surface area contributed by atoms with Gasteiger partial charge in [-0.3, -0.25) is 4.79 Å². The normalized spacial score (nSPS) is 16.8. The van der Waals surface area contributed by atoms with Gasteiger partial charge in [-0.1, -0.05) is 11.2 Å². The number of amides is 1. The molecule has 134 valence electrons. The molecule has 0 N–H and O–H groups in total. The first-order chi connectivity index (χ1) is 12.0. The van der Waals surface area contributed by atoms with Gasteiger partial charge in [0.2, 0.25) is 0 Å². The topological polar surface area (TPSA) is 64.8 Å². The molecule has 1 saturated heterocycles. The van der Waals surface area contributed by atoms with Gasteiger partial charge >= 0.3 is 0 Å². The number of halogens is 2. The maximum atomic E-state index is 13.5. The Kier molecular flexibility index (Phi) is 5.28. The smallest absolute Gasteiger partial charge is 0.275 e. The zero-order chi connectivity index (χ0) is 17.8. The minimum atomic E-state index is -0.813. The maximum absolute atomic E-state index is 13.5. The zero-order valence-corrected chi connectivity index (χ0v) is 13.7. The molecule has 1 aromatic carbocycles. The number of hydrogen-bond donors (Lipinski definition) is 0. The fourth-order valence-corrected chi connectivity index (χ4v) is 2.62. The van der Waals surface area contributed by atoms with Gasteiger partial charge in [0, 0.05) is 26.3 Å². The van der Waals surface area contributed by atoms with Crippen molar-refractivity contribution >= 4 is 5.91 Å². The largest absolute Gasteiger partial charge is 0.479 e. The lowest BCUT2D eigenvalue weighted by Crippen LogP contribution is -2.34. The van der Waals surface area contributed by atoms with Crippen LogP contribution >= 0.6 is 0 Å². The molecule has 6 nitrogen and oxygen atoms in total. The highest BCUT2D eigenvalue weighted by Gasteiger charge is 2.23.